The summed E-state index contributed by atoms with van der Waals surface area (Å²) in [6.07, 6.45) is 1.09. The molecule has 3 nitrogen and oxygen atoms in total. The molecule has 0 radical (unpaired) electrons. The molecule has 0 spiro atoms. The van der Waals surface area contributed by atoms with Gasteiger partial charge in [0.2, 0.25) is 0 Å². The molecule has 2 rings (SSSR count). The monoisotopic (exact) mass is 413 g/mol. The van der Waals surface area contributed by atoms with E-state index in [1.54, 1.807) is 11.8 Å². The second kappa shape index (κ2) is 7.98. The van der Waals surface area contributed by atoms with Gasteiger partial charge in [-0.25, -0.2) is 9.97 Å². The maximum Gasteiger partial charge on any atom is 0.143 e. The number of rotatable bonds is 6. The molecule has 0 aliphatic rings. The fraction of sp³-hybridized carbons (Fsp3) is 0.375. The van der Waals surface area contributed by atoms with E-state index in [0.717, 1.165) is 39.6 Å². The van der Waals surface area contributed by atoms with Gasteiger partial charge in [-0.3, -0.25) is 0 Å². The molecule has 0 saturated carbocycles. The van der Waals surface area contributed by atoms with Gasteiger partial charge < -0.3 is 5.32 Å². The molecule has 1 N–H and O–H groups in total. The zero-order valence-corrected chi connectivity index (χ0v) is 15.6. The van der Waals surface area contributed by atoms with Crippen molar-refractivity contribution in [1.29, 1.82) is 0 Å². The predicted molar refractivity (Wildman–Crippen MR) is 99.0 cm³/mol. The summed E-state index contributed by atoms with van der Waals surface area (Å²) in [6.45, 7) is 7.24. The van der Waals surface area contributed by atoms with Crippen molar-refractivity contribution in [1.82, 2.24) is 9.97 Å². The van der Waals surface area contributed by atoms with Crippen LogP contribution in [0.15, 0.2) is 29.2 Å². The van der Waals surface area contributed by atoms with Gasteiger partial charge in [-0.15, -0.1) is 11.8 Å². The minimum Gasteiger partial charge on any atom is -0.369 e. The van der Waals surface area contributed by atoms with Crippen LogP contribution in [0.3, 0.4) is 0 Å². The van der Waals surface area contributed by atoms with Crippen molar-refractivity contribution < 1.29 is 0 Å². The fourth-order valence-electron chi connectivity index (χ4n) is 1.82. The third kappa shape index (κ3) is 4.85. The minimum absolute atomic E-state index is 0.793. The van der Waals surface area contributed by atoms with Gasteiger partial charge in [0.25, 0.3) is 0 Å². The first-order chi connectivity index (χ1) is 10.1. The van der Waals surface area contributed by atoms with Crippen LogP contribution in [0.4, 0.5) is 5.82 Å². The quantitative estimate of drug-likeness (QED) is 0.545. The van der Waals surface area contributed by atoms with Crippen molar-refractivity contribution >= 4 is 40.2 Å². The second-order valence-corrected chi connectivity index (χ2v) is 7.04. The van der Waals surface area contributed by atoms with Gasteiger partial charge in [0.1, 0.15) is 11.6 Å². The van der Waals surface area contributed by atoms with Crippen molar-refractivity contribution in [3.05, 3.63) is 44.9 Å². The molecule has 0 fully saturated rings. The first-order valence-corrected chi connectivity index (χ1v) is 9.13. The molecule has 0 amide bonds. The van der Waals surface area contributed by atoms with E-state index in [-0.39, 0.29) is 0 Å². The van der Waals surface area contributed by atoms with Crippen molar-refractivity contribution in [3.63, 3.8) is 0 Å². The molecule has 0 atom stereocenters. The standard InChI is InChI=1S/C16H20IN3S/c1-4-9-18-16-15(17)12(3)19-14(20-16)10-21-13-7-5-11(2)6-8-13/h5-8H,4,9-10H2,1-3H3,(H,18,19,20). The van der Waals surface area contributed by atoms with Gasteiger partial charge in [-0.1, -0.05) is 24.6 Å². The highest BCUT2D eigenvalue weighted by atomic mass is 127. The summed E-state index contributed by atoms with van der Waals surface area (Å²) < 4.78 is 1.12. The van der Waals surface area contributed by atoms with Gasteiger partial charge in [0.05, 0.1) is 15.0 Å². The average Bonchev–Trinajstić information content (AvgIpc) is 2.48. The molecule has 21 heavy (non-hydrogen) atoms. The third-order valence-electron chi connectivity index (χ3n) is 2.99. The minimum atomic E-state index is 0.793. The lowest BCUT2D eigenvalue weighted by Crippen LogP contribution is -2.08. The number of halogens is 1. The summed E-state index contributed by atoms with van der Waals surface area (Å²) >= 11 is 4.08. The molecular formula is C16H20IN3S. The van der Waals surface area contributed by atoms with Crippen LogP contribution in [0, 0.1) is 17.4 Å². The van der Waals surface area contributed by atoms with Crippen LogP contribution < -0.4 is 5.32 Å². The predicted octanol–water partition coefficient (Wildman–Crippen LogP) is 4.81. The van der Waals surface area contributed by atoms with E-state index in [4.69, 9.17) is 0 Å². The van der Waals surface area contributed by atoms with Crippen LogP contribution in [0.2, 0.25) is 0 Å². The molecule has 1 aromatic heterocycles. The average molecular weight is 413 g/mol. The van der Waals surface area contributed by atoms with Crippen molar-refractivity contribution in [2.24, 2.45) is 0 Å². The second-order valence-electron chi connectivity index (χ2n) is 4.92. The summed E-state index contributed by atoms with van der Waals surface area (Å²) in [4.78, 5) is 10.5. The highest BCUT2D eigenvalue weighted by Crippen LogP contribution is 2.24. The number of aromatic nitrogens is 2. The van der Waals surface area contributed by atoms with Crippen molar-refractivity contribution in [2.45, 2.75) is 37.8 Å². The van der Waals surface area contributed by atoms with E-state index in [9.17, 15) is 0 Å². The number of benzene rings is 1. The van der Waals surface area contributed by atoms with Crippen LogP contribution in [0.25, 0.3) is 0 Å². The molecule has 1 heterocycles. The number of aryl methyl sites for hydroxylation is 2. The number of nitrogens with zero attached hydrogens (tertiary/aromatic N) is 2. The van der Waals surface area contributed by atoms with Gasteiger partial charge >= 0.3 is 0 Å². The zero-order chi connectivity index (χ0) is 15.2. The Morgan fingerprint density at radius 3 is 2.52 bits per heavy atom. The molecule has 5 heteroatoms. The van der Waals surface area contributed by atoms with Crippen LogP contribution in [-0.4, -0.2) is 16.5 Å². The largest absolute Gasteiger partial charge is 0.369 e. The Hall–Kier alpha value is -0.820. The Morgan fingerprint density at radius 1 is 1.14 bits per heavy atom. The normalized spacial score (nSPS) is 10.7. The van der Waals surface area contributed by atoms with E-state index in [1.807, 2.05) is 6.92 Å². The van der Waals surface area contributed by atoms with E-state index in [0.29, 0.717) is 0 Å². The van der Waals surface area contributed by atoms with Crippen molar-refractivity contribution in [2.75, 3.05) is 11.9 Å². The van der Waals surface area contributed by atoms with Gasteiger partial charge in [0, 0.05) is 11.4 Å². The molecule has 0 aliphatic heterocycles. The molecule has 112 valence electrons. The number of hydrogen-bond acceptors (Lipinski definition) is 4. The lowest BCUT2D eigenvalue weighted by molar-refractivity contribution is 0.933. The van der Waals surface area contributed by atoms with E-state index in [2.05, 4.69) is 76.0 Å². The van der Waals surface area contributed by atoms with Gasteiger partial charge in [-0.05, 0) is 55.0 Å². The maximum absolute atomic E-state index is 4.65. The molecule has 0 aliphatic carbocycles. The summed E-state index contributed by atoms with van der Waals surface area (Å²) in [5.74, 6) is 2.64. The summed E-state index contributed by atoms with van der Waals surface area (Å²) in [5.41, 5.74) is 2.33. The van der Waals surface area contributed by atoms with Gasteiger partial charge in [0.15, 0.2) is 0 Å². The first kappa shape index (κ1) is 16.5. The lowest BCUT2D eigenvalue weighted by atomic mass is 10.2. The molecule has 1 aromatic carbocycles. The SMILES string of the molecule is CCCNc1nc(CSc2ccc(C)cc2)nc(C)c1I. The fourth-order valence-corrected chi connectivity index (χ4v) is 3.01. The summed E-state index contributed by atoms with van der Waals surface area (Å²) in [7, 11) is 0. The molecule has 0 saturated heterocycles. The number of anilines is 1. The van der Waals surface area contributed by atoms with Crippen LogP contribution in [0.1, 0.15) is 30.4 Å². The molecule has 0 bridgehead atoms. The number of hydrogen-bond donors (Lipinski definition) is 1. The molecule has 2 aromatic rings. The Morgan fingerprint density at radius 2 is 1.86 bits per heavy atom. The number of nitrogens with one attached hydrogen (secondary N) is 1. The smallest absolute Gasteiger partial charge is 0.143 e. The maximum atomic E-state index is 4.65. The Kier molecular flexibility index (Phi) is 6.29. The lowest BCUT2D eigenvalue weighted by Gasteiger charge is -2.10. The van der Waals surface area contributed by atoms with Crippen LogP contribution in [0.5, 0.6) is 0 Å². The van der Waals surface area contributed by atoms with Crippen LogP contribution >= 0.6 is 34.4 Å². The summed E-state index contributed by atoms with van der Waals surface area (Å²) in [5, 5.41) is 3.38. The van der Waals surface area contributed by atoms with Crippen molar-refractivity contribution in [3.8, 4) is 0 Å². The topological polar surface area (TPSA) is 37.8 Å². The molecular weight excluding hydrogens is 393 g/mol. The highest BCUT2D eigenvalue weighted by molar-refractivity contribution is 14.1. The van der Waals surface area contributed by atoms with Crippen LogP contribution in [-0.2, 0) is 5.75 Å². The van der Waals surface area contributed by atoms with Gasteiger partial charge in [-0.2, -0.15) is 0 Å². The van der Waals surface area contributed by atoms with E-state index < -0.39 is 0 Å². The third-order valence-corrected chi connectivity index (χ3v) is 5.29. The van der Waals surface area contributed by atoms with E-state index in [1.165, 1.54) is 10.5 Å². The highest BCUT2D eigenvalue weighted by Gasteiger charge is 2.09. The molecule has 0 unspecified atom stereocenters. The Bertz CT molecular complexity index is 599. The summed E-state index contributed by atoms with van der Waals surface area (Å²) in [6, 6.07) is 8.57. The Balaban J connectivity index is 2.08. The number of thioether (sulfide) groups is 1. The van der Waals surface area contributed by atoms with E-state index >= 15 is 0 Å². The Labute approximate surface area is 144 Å². The zero-order valence-electron chi connectivity index (χ0n) is 12.6. The first-order valence-electron chi connectivity index (χ1n) is 7.06.